The van der Waals surface area contributed by atoms with Crippen LogP contribution in [-0.2, 0) is 19.4 Å². The molecule has 0 saturated heterocycles. The first-order chi connectivity index (χ1) is 11.0. The van der Waals surface area contributed by atoms with Crippen molar-refractivity contribution >= 4 is 28.0 Å². The van der Waals surface area contributed by atoms with Crippen LogP contribution in [-0.4, -0.2) is 21.5 Å². The summed E-state index contributed by atoms with van der Waals surface area (Å²) in [5.74, 6) is -0.897. The molecule has 0 aliphatic heterocycles. The summed E-state index contributed by atoms with van der Waals surface area (Å²) in [6.45, 7) is 0. The monoisotopic (exact) mass is 328 g/mol. The van der Waals surface area contributed by atoms with Gasteiger partial charge in [-0.05, 0) is 23.3 Å². The van der Waals surface area contributed by atoms with Gasteiger partial charge in [-0.2, -0.15) is 0 Å². The molecule has 0 N–H and O–H groups in total. The van der Waals surface area contributed by atoms with E-state index in [1.165, 1.54) is 12.2 Å². The molecule has 0 aromatic heterocycles. The standard InChI is InChI=1S/C18H16O4S/c1-22-18(19)17(14-16-10-6-3-7-11-16)23(20,21)13-12-15-8-4-2-5-9-15/h2-14H,1H3/b13-12+,17-14+. The lowest BCUT2D eigenvalue weighted by atomic mass is 10.2. The van der Waals surface area contributed by atoms with Crippen LogP contribution in [0.15, 0.2) is 71.0 Å². The molecule has 0 fully saturated rings. The first-order valence-corrected chi connectivity index (χ1v) is 8.41. The van der Waals surface area contributed by atoms with Crippen molar-refractivity contribution in [1.82, 2.24) is 0 Å². The number of carbonyl (C=O) groups is 1. The topological polar surface area (TPSA) is 60.4 Å². The summed E-state index contributed by atoms with van der Waals surface area (Å²) in [6.07, 6.45) is 2.74. The van der Waals surface area contributed by atoms with Crippen LogP contribution in [0.2, 0.25) is 0 Å². The van der Waals surface area contributed by atoms with Crippen molar-refractivity contribution in [1.29, 1.82) is 0 Å². The third-order valence-corrected chi connectivity index (χ3v) is 4.42. The Bertz CT molecular complexity index is 820. The van der Waals surface area contributed by atoms with Gasteiger partial charge in [-0.25, -0.2) is 13.2 Å². The van der Waals surface area contributed by atoms with Crippen molar-refractivity contribution in [3.8, 4) is 0 Å². The molecule has 0 aliphatic carbocycles. The number of ether oxygens (including phenoxy) is 1. The van der Waals surface area contributed by atoms with Crippen molar-refractivity contribution in [2.75, 3.05) is 7.11 Å². The quantitative estimate of drug-likeness (QED) is 0.624. The largest absolute Gasteiger partial charge is 0.465 e. The number of methoxy groups -OCH3 is 1. The van der Waals surface area contributed by atoms with Crippen LogP contribution >= 0.6 is 0 Å². The molecule has 0 amide bonds. The van der Waals surface area contributed by atoms with Crippen molar-refractivity contribution in [3.05, 3.63) is 82.1 Å². The highest BCUT2D eigenvalue weighted by Crippen LogP contribution is 2.17. The average Bonchev–Trinajstić information content (AvgIpc) is 2.59. The minimum Gasteiger partial charge on any atom is -0.465 e. The van der Waals surface area contributed by atoms with E-state index in [0.717, 1.165) is 18.1 Å². The highest BCUT2D eigenvalue weighted by molar-refractivity contribution is 7.99. The molecule has 0 unspecified atom stereocenters. The van der Waals surface area contributed by atoms with Crippen LogP contribution in [0.5, 0.6) is 0 Å². The molecular weight excluding hydrogens is 312 g/mol. The molecule has 23 heavy (non-hydrogen) atoms. The number of rotatable bonds is 5. The molecule has 2 aromatic rings. The van der Waals surface area contributed by atoms with Gasteiger partial charge in [0.15, 0.2) is 4.91 Å². The van der Waals surface area contributed by atoms with E-state index in [4.69, 9.17) is 0 Å². The zero-order valence-corrected chi connectivity index (χ0v) is 13.4. The molecule has 0 spiro atoms. The van der Waals surface area contributed by atoms with E-state index in [-0.39, 0.29) is 0 Å². The van der Waals surface area contributed by atoms with Crippen LogP contribution in [0, 0.1) is 0 Å². The first-order valence-electron chi connectivity index (χ1n) is 6.86. The number of hydrogen-bond donors (Lipinski definition) is 0. The predicted molar refractivity (Wildman–Crippen MR) is 90.8 cm³/mol. The molecule has 0 heterocycles. The Labute approximate surface area is 135 Å². The van der Waals surface area contributed by atoms with Crippen LogP contribution < -0.4 is 0 Å². The van der Waals surface area contributed by atoms with Gasteiger partial charge >= 0.3 is 5.97 Å². The molecule has 0 atom stereocenters. The van der Waals surface area contributed by atoms with Crippen molar-refractivity contribution < 1.29 is 17.9 Å². The summed E-state index contributed by atoms with van der Waals surface area (Å²) in [6, 6.07) is 17.7. The summed E-state index contributed by atoms with van der Waals surface area (Å²) in [4.78, 5) is 11.5. The van der Waals surface area contributed by atoms with Gasteiger partial charge < -0.3 is 4.74 Å². The fourth-order valence-corrected chi connectivity index (χ4v) is 2.96. The Morgan fingerprint density at radius 3 is 1.96 bits per heavy atom. The number of carbonyl (C=O) groups excluding carboxylic acids is 1. The lowest BCUT2D eigenvalue weighted by molar-refractivity contribution is -0.135. The fraction of sp³-hybridized carbons (Fsp3) is 0.0556. The van der Waals surface area contributed by atoms with Crippen molar-refractivity contribution in [2.24, 2.45) is 0 Å². The Balaban J connectivity index is 2.40. The number of sulfone groups is 1. The van der Waals surface area contributed by atoms with Crippen LogP contribution in [0.4, 0.5) is 0 Å². The molecule has 0 bridgehead atoms. The van der Waals surface area contributed by atoms with Crippen LogP contribution in [0.3, 0.4) is 0 Å². The molecule has 0 saturated carbocycles. The summed E-state index contributed by atoms with van der Waals surface area (Å²) in [5.41, 5.74) is 1.32. The van der Waals surface area contributed by atoms with Crippen molar-refractivity contribution in [3.63, 3.8) is 0 Å². The van der Waals surface area contributed by atoms with Gasteiger partial charge in [-0.1, -0.05) is 60.7 Å². The minimum absolute atomic E-state index is 0.404. The zero-order chi connectivity index (χ0) is 16.7. The number of benzene rings is 2. The van der Waals surface area contributed by atoms with Crippen molar-refractivity contribution in [2.45, 2.75) is 0 Å². The summed E-state index contributed by atoms with van der Waals surface area (Å²) in [7, 11) is -2.77. The average molecular weight is 328 g/mol. The van der Waals surface area contributed by atoms with E-state index in [0.29, 0.717) is 5.56 Å². The predicted octanol–water partition coefficient (Wildman–Crippen LogP) is 3.29. The van der Waals surface area contributed by atoms with Gasteiger partial charge in [0.05, 0.1) is 7.11 Å². The normalized spacial score (nSPS) is 12.3. The van der Waals surface area contributed by atoms with E-state index < -0.39 is 20.7 Å². The SMILES string of the molecule is COC(=O)/C(=C\c1ccccc1)S(=O)(=O)/C=C/c1ccccc1. The van der Waals surface area contributed by atoms with Crippen LogP contribution in [0.25, 0.3) is 12.2 Å². The van der Waals surface area contributed by atoms with Gasteiger partial charge in [0.25, 0.3) is 0 Å². The van der Waals surface area contributed by atoms with Gasteiger partial charge in [0.2, 0.25) is 9.84 Å². The van der Waals surface area contributed by atoms with Gasteiger partial charge in [0.1, 0.15) is 0 Å². The maximum Gasteiger partial charge on any atom is 0.349 e. The maximum absolute atomic E-state index is 12.5. The molecule has 4 nitrogen and oxygen atoms in total. The van der Waals surface area contributed by atoms with E-state index in [1.54, 1.807) is 54.6 Å². The second kappa shape index (κ2) is 7.56. The van der Waals surface area contributed by atoms with E-state index in [1.807, 2.05) is 6.07 Å². The Kier molecular flexibility index (Phi) is 5.49. The highest BCUT2D eigenvalue weighted by atomic mass is 32.2. The third-order valence-electron chi connectivity index (χ3n) is 3.03. The molecule has 0 aliphatic rings. The Hall–Kier alpha value is -2.66. The van der Waals surface area contributed by atoms with Gasteiger partial charge in [-0.15, -0.1) is 0 Å². The van der Waals surface area contributed by atoms with Gasteiger partial charge in [0, 0.05) is 5.41 Å². The summed E-state index contributed by atoms with van der Waals surface area (Å²) < 4.78 is 29.5. The van der Waals surface area contributed by atoms with Crippen LogP contribution in [0.1, 0.15) is 11.1 Å². The number of hydrogen-bond acceptors (Lipinski definition) is 4. The molecule has 118 valence electrons. The number of esters is 1. The van der Waals surface area contributed by atoms with E-state index in [9.17, 15) is 13.2 Å². The molecule has 0 radical (unpaired) electrons. The third kappa shape index (κ3) is 4.66. The first kappa shape index (κ1) is 16.7. The smallest absolute Gasteiger partial charge is 0.349 e. The molecule has 2 aromatic carbocycles. The molecule has 5 heteroatoms. The second-order valence-corrected chi connectivity index (χ2v) is 6.47. The fourth-order valence-electron chi connectivity index (χ4n) is 1.86. The zero-order valence-electron chi connectivity index (χ0n) is 12.5. The minimum atomic E-state index is -3.92. The Morgan fingerprint density at radius 2 is 1.43 bits per heavy atom. The lowest BCUT2D eigenvalue weighted by Crippen LogP contribution is -2.13. The summed E-state index contributed by atoms with van der Waals surface area (Å²) >= 11 is 0. The lowest BCUT2D eigenvalue weighted by Gasteiger charge is -2.04. The van der Waals surface area contributed by atoms with E-state index in [2.05, 4.69) is 4.74 Å². The maximum atomic E-state index is 12.5. The highest BCUT2D eigenvalue weighted by Gasteiger charge is 2.23. The van der Waals surface area contributed by atoms with Gasteiger partial charge in [-0.3, -0.25) is 0 Å². The summed E-state index contributed by atoms with van der Waals surface area (Å²) in [5, 5.41) is 1.01. The Morgan fingerprint density at radius 1 is 0.913 bits per heavy atom. The molecular formula is C18H16O4S. The molecule has 2 rings (SSSR count). The second-order valence-electron chi connectivity index (χ2n) is 4.67. The van der Waals surface area contributed by atoms with E-state index >= 15 is 0 Å².